The van der Waals surface area contributed by atoms with Crippen LogP contribution in [-0.4, -0.2) is 37.0 Å². The Balaban J connectivity index is 1.55. The van der Waals surface area contributed by atoms with E-state index in [0.29, 0.717) is 17.9 Å². The molecule has 1 saturated heterocycles. The summed E-state index contributed by atoms with van der Waals surface area (Å²) in [5, 5.41) is 3.32. The van der Waals surface area contributed by atoms with E-state index in [1.165, 1.54) is 19.3 Å². The topological polar surface area (TPSA) is 32.3 Å². The SMILES string of the molecule is CN(C(=O)C1CC1C1CC1)C1CCNC1. The van der Waals surface area contributed by atoms with E-state index in [1.807, 2.05) is 11.9 Å². The molecule has 15 heavy (non-hydrogen) atoms. The molecule has 1 N–H and O–H groups in total. The number of hydrogen-bond donors (Lipinski definition) is 1. The van der Waals surface area contributed by atoms with Crippen LogP contribution in [0.2, 0.25) is 0 Å². The van der Waals surface area contributed by atoms with Crippen molar-refractivity contribution < 1.29 is 4.79 Å². The number of nitrogens with one attached hydrogen (secondary N) is 1. The van der Waals surface area contributed by atoms with Crippen LogP contribution in [0.1, 0.15) is 25.7 Å². The molecule has 1 heterocycles. The van der Waals surface area contributed by atoms with Gasteiger partial charge in [-0.05, 0) is 44.1 Å². The molecular formula is C12H20N2O. The van der Waals surface area contributed by atoms with Gasteiger partial charge in [-0.25, -0.2) is 0 Å². The molecule has 0 aromatic rings. The maximum absolute atomic E-state index is 12.1. The van der Waals surface area contributed by atoms with Crippen molar-refractivity contribution >= 4 is 5.91 Å². The first-order chi connectivity index (χ1) is 7.27. The monoisotopic (exact) mass is 208 g/mol. The fourth-order valence-electron chi connectivity index (χ4n) is 2.96. The zero-order valence-corrected chi connectivity index (χ0v) is 9.41. The Labute approximate surface area is 91.2 Å². The highest BCUT2D eigenvalue weighted by Gasteiger charge is 2.52. The van der Waals surface area contributed by atoms with Gasteiger partial charge in [0, 0.05) is 25.6 Å². The lowest BCUT2D eigenvalue weighted by atomic mass is 10.1. The summed E-state index contributed by atoms with van der Waals surface area (Å²) in [6, 6.07) is 0.456. The molecule has 1 amide bonds. The number of nitrogens with zero attached hydrogens (tertiary/aromatic N) is 1. The molecule has 1 aliphatic heterocycles. The van der Waals surface area contributed by atoms with Crippen LogP contribution in [-0.2, 0) is 4.79 Å². The van der Waals surface area contributed by atoms with Crippen molar-refractivity contribution in [2.75, 3.05) is 20.1 Å². The number of likely N-dealkylation sites (N-methyl/N-ethyl adjacent to an activating group) is 1. The van der Waals surface area contributed by atoms with Gasteiger partial charge in [0.25, 0.3) is 0 Å². The fourth-order valence-corrected chi connectivity index (χ4v) is 2.96. The fraction of sp³-hybridized carbons (Fsp3) is 0.917. The number of carbonyl (C=O) groups excluding carboxylic acids is 1. The first kappa shape index (κ1) is 9.64. The van der Waals surface area contributed by atoms with Crippen molar-refractivity contribution in [2.45, 2.75) is 31.7 Å². The zero-order chi connectivity index (χ0) is 10.4. The van der Waals surface area contributed by atoms with Gasteiger partial charge in [-0.1, -0.05) is 0 Å². The van der Waals surface area contributed by atoms with Crippen LogP contribution in [0.15, 0.2) is 0 Å². The minimum atomic E-state index is 0.392. The van der Waals surface area contributed by atoms with Crippen molar-refractivity contribution in [3.63, 3.8) is 0 Å². The molecule has 0 radical (unpaired) electrons. The third-order valence-corrected chi connectivity index (χ3v) is 4.31. The normalized spacial score (nSPS) is 39.1. The summed E-state index contributed by atoms with van der Waals surface area (Å²) in [4.78, 5) is 14.1. The Hall–Kier alpha value is -0.570. The Kier molecular flexibility index (Phi) is 2.23. The smallest absolute Gasteiger partial charge is 0.226 e. The summed E-state index contributed by atoms with van der Waals surface area (Å²) < 4.78 is 0. The van der Waals surface area contributed by atoms with Crippen molar-refractivity contribution in [3.05, 3.63) is 0 Å². The van der Waals surface area contributed by atoms with Crippen LogP contribution in [0, 0.1) is 17.8 Å². The van der Waals surface area contributed by atoms with Crippen LogP contribution >= 0.6 is 0 Å². The second-order valence-corrected chi connectivity index (χ2v) is 5.44. The van der Waals surface area contributed by atoms with Crippen molar-refractivity contribution in [3.8, 4) is 0 Å². The molecule has 0 aromatic heterocycles. The zero-order valence-electron chi connectivity index (χ0n) is 9.41. The molecule has 84 valence electrons. The predicted molar refractivity (Wildman–Crippen MR) is 58.4 cm³/mol. The van der Waals surface area contributed by atoms with Gasteiger partial charge in [0.2, 0.25) is 5.91 Å². The molecule has 2 aliphatic carbocycles. The van der Waals surface area contributed by atoms with Crippen molar-refractivity contribution in [1.29, 1.82) is 0 Å². The average molecular weight is 208 g/mol. The summed E-state index contributed by atoms with van der Waals surface area (Å²) in [5.74, 6) is 2.48. The standard InChI is InChI=1S/C12H20N2O/c1-14(9-4-5-13-7-9)12(15)11-6-10(11)8-2-3-8/h8-11,13H,2-7H2,1H3. The molecule has 3 nitrogen and oxygen atoms in total. The number of hydrogen-bond acceptors (Lipinski definition) is 2. The number of rotatable bonds is 3. The average Bonchev–Trinajstić information content (AvgIpc) is 3.12. The van der Waals surface area contributed by atoms with Crippen LogP contribution in [0.4, 0.5) is 0 Å². The Morgan fingerprint density at radius 2 is 2.13 bits per heavy atom. The van der Waals surface area contributed by atoms with Gasteiger partial charge in [-0.15, -0.1) is 0 Å². The predicted octanol–water partition coefficient (Wildman–Crippen LogP) is 0.853. The molecule has 3 heteroatoms. The highest BCUT2D eigenvalue weighted by Crippen LogP contribution is 2.54. The third kappa shape index (κ3) is 1.78. The van der Waals surface area contributed by atoms with E-state index in [0.717, 1.165) is 31.3 Å². The van der Waals surface area contributed by atoms with Crippen molar-refractivity contribution in [2.24, 2.45) is 17.8 Å². The molecule has 3 unspecified atom stereocenters. The van der Waals surface area contributed by atoms with Gasteiger partial charge < -0.3 is 10.2 Å². The van der Waals surface area contributed by atoms with Gasteiger partial charge in [0.15, 0.2) is 0 Å². The highest BCUT2D eigenvalue weighted by molar-refractivity contribution is 5.82. The second-order valence-electron chi connectivity index (χ2n) is 5.44. The number of carbonyl (C=O) groups is 1. The Morgan fingerprint density at radius 1 is 1.33 bits per heavy atom. The maximum atomic E-state index is 12.1. The van der Waals surface area contributed by atoms with Crippen LogP contribution in [0.25, 0.3) is 0 Å². The summed E-state index contributed by atoms with van der Waals surface area (Å²) >= 11 is 0. The molecule has 0 aromatic carbocycles. The molecule has 3 atom stereocenters. The second kappa shape index (κ2) is 3.48. The Bertz CT molecular complexity index is 269. The van der Waals surface area contributed by atoms with Gasteiger partial charge in [0.05, 0.1) is 0 Å². The Morgan fingerprint density at radius 3 is 2.73 bits per heavy atom. The summed E-state index contributed by atoms with van der Waals surface area (Å²) in [5.41, 5.74) is 0. The van der Waals surface area contributed by atoms with E-state index in [4.69, 9.17) is 0 Å². The highest BCUT2D eigenvalue weighted by atomic mass is 16.2. The molecule has 3 fully saturated rings. The molecule has 2 saturated carbocycles. The molecular weight excluding hydrogens is 188 g/mol. The van der Waals surface area contributed by atoms with Crippen molar-refractivity contribution in [1.82, 2.24) is 10.2 Å². The largest absolute Gasteiger partial charge is 0.341 e. The summed E-state index contributed by atoms with van der Waals surface area (Å²) in [6.07, 6.45) is 5.06. The molecule has 3 aliphatic rings. The van der Waals surface area contributed by atoms with Gasteiger partial charge in [-0.3, -0.25) is 4.79 Å². The van der Waals surface area contributed by atoms with Crippen LogP contribution < -0.4 is 5.32 Å². The van der Waals surface area contributed by atoms with Gasteiger partial charge >= 0.3 is 0 Å². The van der Waals surface area contributed by atoms with E-state index in [9.17, 15) is 4.79 Å². The molecule has 0 spiro atoms. The van der Waals surface area contributed by atoms with Gasteiger partial charge in [0.1, 0.15) is 0 Å². The third-order valence-electron chi connectivity index (χ3n) is 4.31. The summed E-state index contributed by atoms with van der Waals surface area (Å²) in [6.45, 7) is 2.06. The quantitative estimate of drug-likeness (QED) is 0.746. The van der Waals surface area contributed by atoms with E-state index in [2.05, 4.69) is 5.32 Å². The minimum absolute atomic E-state index is 0.392. The first-order valence-corrected chi connectivity index (χ1v) is 6.25. The lowest BCUT2D eigenvalue weighted by Gasteiger charge is -2.24. The maximum Gasteiger partial charge on any atom is 0.226 e. The van der Waals surface area contributed by atoms with E-state index in [-0.39, 0.29) is 0 Å². The minimum Gasteiger partial charge on any atom is -0.341 e. The molecule has 3 rings (SSSR count). The lowest BCUT2D eigenvalue weighted by Crippen LogP contribution is -2.39. The molecule has 0 bridgehead atoms. The summed E-state index contributed by atoms with van der Waals surface area (Å²) in [7, 11) is 1.99. The first-order valence-electron chi connectivity index (χ1n) is 6.25. The van der Waals surface area contributed by atoms with Crippen LogP contribution in [0.3, 0.4) is 0 Å². The number of amides is 1. The van der Waals surface area contributed by atoms with E-state index in [1.54, 1.807) is 0 Å². The lowest BCUT2D eigenvalue weighted by molar-refractivity contribution is -0.133. The van der Waals surface area contributed by atoms with E-state index >= 15 is 0 Å². The van der Waals surface area contributed by atoms with Gasteiger partial charge in [-0.2, -0.15) is 0 Å². The van der Waals surface area contributed by atoms with E-state index < -0.39 is 0 Å². The van der Waals surface area contributed by atoms with Crippen LogP contribution in [0.5, 0.6) is 0 Å².